The molecule has 0 radical (unpaired) electrons. The number of nitrogens with zero attached hydrogens (tertiary/aromatic N) is 5. The fourth-order valence-corrected chi connectivity index (χ4v) is 4.26. The molecule has 8 nitrogen and oxygen atoms in total. The van der Waals surface area contributed by atoms with E-state index in [2.05, 4.69) is 20.5 Å². The lowest BCUT2D eigenvalue weighted by Gasteiger charge is -2.11. The summed E-state index contributed by atoms with van der Waals surface area (Å²) < 4.78 is 48.9. The number of ether oxygens (including phenoxy) is 1. The Hall–Kier alpha value is -4.09. The molecule has 5 aromatic rings. The van der Waals surface area contributed by atoms with Crippen LogP contribution in [-0.2, 0) is 12.7 Å². The SMILES string of the molecule is COc1ccc(-c2cc(C(F)(F)F)n3nc(C(=O)Nc4ccn(Cc5c(Cl)cccc5Cl)n4)cc3n2)cc1. The molecule has 0 saturated carbocycles. The predicted molar refractivity (Wildman–Crippen MR) is 136 cm³/mol. The number of benzene rings is 2. The highest BCUT2D eigenvalue weighted by molar-refractivity contribution is 6.36. The summed E-state index contributed by atoms with van der Waals surface area (Å²) in [5.74, 6) is -0.0413. The first-order valence-electron chi connectivity index (χ1n) is 11.0. The summed E-state index contributed by atoms with van der Waals surface area (Å²) in [6.45, 7) is 0.246. The molecule has 0 atom stereocenters. The maximum atomic E-state index is 13.9. The van der Waals surface area contributed by atoms with Crippen molar-refractivity contribution in [1.29, 1.82) is 0 Å². The number of carbonyl (C=O) groups excluding carboxylic acids is 1. The minimum atomic E-state index is -4.75. The molecule has 5 rings (SSSR count). The third-order valence-electron chi connectivity index (χ3n) is 5.60. The number of rotatable bonds is 6. The molecule has 0 saturated heterocycles. The van der Waals surface area contributed by atoms with Crippen LogP contribution in [0.4, 0.5) is 19.0 Å². The Morgan fingerprint density at radius 3 is 2.39 bits per heavy atom. The van der Waals surface area contributed by atoms with Crippen molar-refractivity contribution < 1.29 is 22.7 Å². The third-order valence-corrected chi connectivity index (χ3v) is 6.31. The number of nitrogens with one attached hydrogen (secondary N) is 1. The van der Waals surface area contributed by atoms with E-state index in [1.807, 2.05) is 0 Å². The molecule has 1 N–H and O–H groups in total. The molecule has 2 aromatic carbocycles. The number of alkyl halides is 3. The molecule has 0 aliphatic heterocycles. The average molecular weight is 561 g/mol. The molecule has 3 aromatic heterocycles. The highest BCUT2D eigenvalue weighted by Gasteiger charge is 2.35. The Labute approximate surface area is 223 Å². The second-order valence-corrected chi connectivity index (χ2v) is 8.92. The van der Waals surface area contributed by atoms with Gasteiger partial charge in [-0.05, 0) is 42.5 Å². The van der Waals surface area contributed by atoms with Gasteiger partial charge in [-0.1, -0.05) is 29.3 Å². The van der Waals surface area contributed by atoms with E-state index >= 15 is 0 Å². The van der Waals surface area contributed by atoms with Gasteiger partial charge < -0.3 is 10.1 Å². The van der Waals surface area contributed by atoms with Crippen molar-refractivity contribution in [3.05, 3.63) is 93.9 Å². The zero-order valence-corrected chi connectivity index (χ0v) is 21.0. The first-order valence-corrected chi connectivity index (χ1v) is 11.8. The molecule has 0 fully saturated rings. The third kappa shape index (κ3) is 5.15. The number of halogens is 5. The van der Waals surface area contributed by atoms with Crippen LogP contribution in [0.5, 0.6) is 5.75 Å². The second kappa shape index (κ2) is 9.99. The van der Waals surface area contributed by atoms with E-state index in [1.165, 1.54) is 23.9 Å². The van der Waals surface area contributed by atoms with E-state index in [-0.39, 0.29) is 29.4 Å². The number of amides is 1. The van der Waals surface area contributed by atoms with Gasteiger partial charge in [0.05, 0.1) is 19.3 Å². The number of carbonyl (C=O) groups is 1. The van der Waals surface area contributed by atoms with Crippen LogP contribution >= 0.6 is 23.2 Å². The highest BCUT2D eigenvalue weighted by atomic mass is 35.5. The number of anilines is 1. The van der Waals surface area contributed by atoms with Crippen LogP contribution in [0.1, 0.15) is 21.7 Å². The number of hydrogen-bond acceptors (Lipinski definition) is 5. The zero-order chi connectivity index (χ0) is 27.0. The van der Waals surface area contributed by atoms with E-state index in [1.54, 1.807) is 48.7 Å². The van der Waals surface area contributed by atoms with Gasteiger partial charge in [0.25, 0.3) is 5.91 Å². The molecule has 13 heteroatoms. The van der Waals surface area contributed by atoms with Crippen molar-refractivity contribution in [1.82, 2.24) is 24.4 Å². The zero-order valence-electron chi connectivity index (χ0n) is 19.5. The van der Waals surface area contributed by atoms with Crippen LogP contribution in [0.25, 0.3) is 16.9 Å². The number of fused-ring (bicyclic) bond motifs is 1. The van der Waals surface area contributed by atoms with Gasteiger partial charge in [-0.2, -0.15) is 23.4 Å². The Bertz CT molecular complexity index is 1630. The van der Waals surface area contributed by atoms with Crippen molar-refractivity contribution in [2.75, 3.05) is 12.4 Å². The van der Waals surface area contributed by atoms with Crippen LogP contribution < -0.4 is 10.1 Å². The molecule has 3 heterocycles. The van der Waals surface area contributed by atoms with Crippen LogP contribution in [0.3, 0.4) is 0 Å². The number of methoxy groups -OCH3 is 1. The van der Waals surface area contributed by atoms with Crippen molar-refractivity contribution in [3.63, 3.8) is 0 Å². The maximum Gasteiger partial charge on any atom is 0.433 e. The first kappa shape index (κ1) is 25.6. The Morgan fingerprint density at radius 2 is 1.74 bits per heavy atom. The first-order chi connectivity index (χ1) is 18.1. The summed E-state index contributed by atoms with van der Waals surface area (Å²) in [7, 11) is 1.49. The molecular weight excluding hydrogens is 544 g/mol. The summed E-state index contributed by atoms with van der Waals surface area (Å²) in [5.41, 5.74) is -0.330. The van der Waals surface area contributed by atoms with Crippen molar-refractivity contribution in [2.45, 2.75) is 12.7 Å². The van der Waals surface area contributed by atoms with Crippen molar-refractivity contribution in [2.24, 2.45) is 0 Å². The fraction of sp³-hybridized carbons (Fsp3) is 0.120. The largest absolute Gasteiger partial charge is 0.497 e. The fourth-order valence-electron chi connectivity index (χ4n) is 3.74. The smallest absolute Gasteiger partial charge is 0.433 e. The van der Waals surface area contributed by atoms with Gasteiger partial charge >= 0.3 is 6.18 Å². The van der Waals surface area contributed by atoms with E-state index in [4.69, 9.17) is 27.9 Å². The second-order valence-electron chi connectivity index (χ2n) is 8.11. The van der Waals surface area contributed by atoms with Gasteiger partial charge in [-0.25, -0.2) is 9.50 Å². The maximum absolute atomic E-state index is 13.9. The van der Waals surface area contributed by atoms with Crippen LogP contribution in [-0.4, -0.2) is 37.4 Å². The monoisotopic (exact) mass is 560 g/mol. The number of hydrogen-bond donors (Lipinski definition) is 1. The number of aromatic nitrogens is 5. The van der Waals surface area contributed by atoms with Gasteiger partial charge in [0.15, 0.2) is 22.9 Å². The lowest BCUT2D eigenvalue weighted by atomic mass is 10.1. The van der Waals surface area contributed by atoms with E-state index in [9.17, 15) is 18.0 Å². The quantitative estimate of drug-likeness (QED) is 0.266. The highest BCUT2D eigenvalue weighted by Crippen LogP contribution is 2.33. The minimum absolute atomic E-state index is 0.0660. The van der Waals surface area contributed by atoms with Gasteiger partial charge in [0, 0.05) is 39.5 Å². The molecule has 0 aliphatic rings. The summed E-state index contributed by atoms with van der Waals surface area (Å²) in [6.07, 6.45) is -3.15. The van der Waals surface area contributed by atoms with E-state index in [0.29, 0.717) is 31.4 Å². The Morgan fingerprint density at radius 1 is 1.03 bits per heavy atom. The summed E-state index contributed by atoms with van der Waals surface area (Å²) >= 11 is 12.4. The normalized spacial score (nSPS) is 11.6. The standard InChI is InChI=1S/C25H17Cl2F3N6O2/c1-38-15-7-5-14(6-8-15)19-11-21(25(28,29)30)36-23(31-19)12-20(33-36)24(37)32-22-9-10-35(34-22)13-16-17(26)3-2-4-18(16)27/h2-12H,13H2,1H3,(H,32,34,37). The molecule has 0 unspecified atom stereocenters. The molecule has 0 aliphatic carbocycles. The lowest BCUT2D eigenvalue weighted by Crippen LogP contribution is -2.16. The van der Waals surface area contributed by atoms with Gasteiger partial charge in [-0.15, -0.1) is 0 Å². The molecule has 0 bridgehead atoms. The summed E-state index contributed by atoms with van der Waals surface area (Å²) in [5, 5.41) is 11.6. The minimum Gasteiger partial charge on any atom is -0.497 e. The average Bonchev–Trinajstić information content (AvgIpc) is 3.52. The molecule has 0 spiro atoms. The van der Waals surface area contributed by atoms with Crippen LogP contribution in [0.15, 0.2) is 66.9 Å². The summed E-state index contributed by atoms with van der Waals surface area (Å²) in [4.78, 5) is 17.1. The Balaban J connectivity index is 1.42. The van der Waals surface area contributed by atoms with E-state index < -0.39 is 17.8 Å². The van der Waals surface area contributed by atoms with Gasteiger partial charge in [0.2, 0.25) is 0 Å². The van der Waals surface area contributed by atoms with Gasteiger partial charge in [0.1, 0.15) is 5.75 Å². The van der Waals surface area contributed by atoms with E-state index in [0.717, 1.165) is 6.07 Å². The topological polar surface area (TPSA) is 86.3 Å². The molecule has 38 heavy (non-hydrogen) atoms. The van der Waals surface area contributed by atoms with Crippen LogP contribution in [0.2, 0.25) is 10.0 Å². The molecular formula is C25H17Cl2F3N6O2. The van der Waals surface area contributed by atoms with Crippen molar-refractivity contribution >= 4 is 40.6 Å². The Kier molecular flexibility index (Phi) is 6.72. The predicted octanol–water partition coefficient (Wildman–Crippen LogP) is 6.23. The summed E-state index contributed by atoms with van der Waals surface area (Å²) in [6, 6.07) is 15.1. The van der Waals surface area contributed by atoms with Crippen LogP contribution in [0, 0.1) is 0 Å². The molecule has 1 amide bonds. The van der Waals surface area contributed by atoms with Gasteiger partial charge in [-0.3, -0.25) is 9.48 Å². The van der Waals surface area contributed by atoms with Crippen molar-refractivity contribution in [3.8, 4) is 17.0 Å². The molecule has 194 valence electrons. The lowest BCUT2D eigenvalue weighted by molar-refractivity contribution is -0.142.